The summed E-state index contributed by atoms with van der Waals surface area (Å²) < 4.78 is 0. The average Bonchev–Trinajstić information content (AvgIpc) is 2.48. The van der Waals surface area contributed by atoms with Crippen molar-refractivity contribution < 1.29 is 0 Å². The summed E-state index contributed by atoms with van der Waals surface area (Å²) in [5, 5.41) is 7.19. The Morgan fingerprint density at radius 3 is 2.85 bits per heavy atom. The molecule has 5 nitrogen and oxygen atoms in total. The van der Waals surface area contributed by atoms with Crippen LogP contribution < -0.4 is 5.56 Å². The van der Waals surface area contributed by atoms with Crippen LogP contribution in [0.25, 0.3) is 11.0 Å². The van der Waals surface area contributed by atoms with Gasteiger partial charge in [0.2, 0.25) is 0 Å². The molecule has 0 aliphatic carbocycles. The van der Waals surface area contributed by atoms with E-state index in [0.29, 0.717) is 16.2 Å². The van der Waals surface area contributed by atoms with Crippen LogP contribution >= 0.6 is 11.8 Å². The lowest BCUT2D eigenvalue weighted by Gasteiger charge is -1.94. The Morgan fingerprint density at radius 2 is 2.15 bits per heavy atom. The van der Waals surface area contributed by atoms with Crippen LogP contribution in [0.2, 0.25) is 0 Å². The second-order valence-electron chi connectivity index (χ2n) is 2.62. The van der Waals surface area contributed by atoms with Crippen LogP contribution in [0, 0.1) is 6.92 Å². The molecule has 0 fully saturated rings. The van der Waals surface area contributed by atoms with Crippen LogP contribution in [-0.2, 0) is 0 Å². The van der Waals surface area contributed by atoms with Gasteiger partial charge >= 0.3 is 0 Å². The Hall–Kier alpha value is -1.30. The standard InChI is InChI=1S/C7H8N4OS/c1-3-4-5(11-10-3)6(12)9-7(8-4)13-2/h1-2H3,(H,10,11)(H,8,9,12). The number of hydrogen-bond acceptors (Lipinski definition) is 4. The van der Waals surface area contributed by atoms with Crippen molar-refractivity contribution in [1.29, 1.82) is 0 Å². The van der Waals surface area contributed by atoms with Gasteiger partial charge in [0, 0.05) is 0 Å². The largest absolute Gasteiger partial charge is 0.300 e. The van der Waals surface area contributed by atoms with Gasteiger partial charge in [0.25, 0.3) is 5.56 Å². The van der Waals surface area contributed by atoms with Crippen molar-refractivity contribution in [3.63, 3.8) is 0 Å². The molecule has 0 saturated carbocycles. The molecule has 0 saturated heterocycles. The molecule has 0 aliphatic heterocycles. The number of aryl methyl sites for hydroxylation is 1. The Morgan fingerprint density at radius 1 is 1.38 bits per heavy atom. The number of fused-ring (bicyclic) bond motifs is 1. The van der Waals surface area contributed by atoms with Crippen molar-refractivity contribution in [3.8, 4) is 0 Å². The molecule has 0 atom stereocenters. The maximum Gasteiger partial charge on any atom is 0.279 e. The van der Waals surface area contributed by atoms with E-state index in [1.807, 2.05) is 13.2 Å². The molecular weight excluding hydrogens is 188 g/mol. The molecule has 2 N–H and O–H groups in total. The van der Waals surface area contributed by atoms with Crippen LogP contribution in [0.3, 0.4) is 0 Å². The molecule has 2 aromatic heterocycles. The zero-order chi connectivity index (χ0) is 9.42. The molecule has 2 aromatic rings. The molecule has 2 rings (SSSR count). The Labute approximate surface area is 78.0 Å². The van der Waals surface area contributed by atoms with Crippen LogP contribution in [-0.4, -0.2) is 26.4 Å². The number of aromatic nitrogens is 4. The van der Waals surface area contributed by atoms with E-state index in [4.69, 9.17) is 0 Å². The van der Waals surface area contributed by atoms with Gasteiger partial charge in [0.1, 0.15) is 5.52 Å². The molecular formula is C7H8N4OS. The number of nitrogens with zero attached hydrogens (tertiary/aromatic N) is 2. The molecule has 0 spiro atoms. The van der Waals surface area contributed by atoms with Crippen LogP contribution in [0.15, 0.2) is 9.95 Å². The predicted octanol–water partition coefficient (Wildman–Crippen LogP) is 0.677. The zero-order valence-corrected chi connectivity index (χ0v) is 8.03. The van der Waals surface area contributed by atoms with E-state index in [2.05, 4.69) is 20.2 Å². The maximum absolute atomic E-state index is 11.4. The average molecular weight is 196 g/mol. The predicted molar refractivity (Wildman–Crippen MR) is 51.0 cm³/mol. The highest BCUT2D eigenvalue weighted by Crippen LogP contribution is 2.12. The molecule has 0 aliphatic rings. The van der Waals surface area contributed by atoms with Gasteiger partial charge in [-0.1, -0.05) is 11.8 Å². The molecule has 0 unspecified atom stereocenters. The summed E-state index contributed by atoms with van der Waals surface area (Å²) in [4.78, 5) is 18.2. The third-order valence-corrected chi connectivity index (χ3v) is 2.34. The van der Waals surface area contributed by atoms with E-state index in [-0.39, 0.29) is 5.56 Å². The summed E-state index contributed by atoms with van der Waals surface area (Å²) in [6.45, 7) is 1.84. The topological polar surface area (TPSA) is 74.4 Å². The fourth-order valence-electron chi connectivity index (χ4n) is 1.10. The quantitative estimate of drug-likeness (QED) is 0.519. The summed E-state index contributed by atoms with van der Waals surface area (Å²) in [7, 11) is 0. The van der Waals surface area contributed by atoms with E-state index in [9.17, 15) is 4.79 Å². The van der Waals surface area contributed by atoms with Gasteiger partial charge in [-0.3, -0.25) is 14.9 Å². The Kier molecular flexibility index (Phi) is 1.84. The lowest BCUT2D eigenvalue weighted by Crippen LogP contribution is -2.08. The SMILES string of the molecule is CSc1nc2c(C)[nH]nc2c(=O)[nH]1. The van der Waals surface area contributed by atoms with Crippen LogP contribution in [0.5, 0.6) is 0 Å². The minimum absolute atomic E-state index is 0.196. The monoisotopic (exact) mass is 196 g/mol. The summed E-state index contributed by atoms with van der Waals surface area (Å²) in [6, 6.07) is 0. The first-order chi connectivity index (χ1) is 6.22. The van der Waals surface area contributed by atoms with Crippen molar-refractivity contribution >= 4 is 22.8 Å². The molecule has 0 radical (unpaired) electrons. The number of nitrogens with one attached hydrogen (secondary N) is 2. The summed E-state index contributed by atoms with van der Waals surface area (Å²) in [5.41, 5.74) is 1.64. The molecule has 6 heteroatoms. The lowest BCUT2D eigenvalue weighted by atomic mass is 10.4. The van der Waals surface area contributed by atoms with Gasteiger partial charge in [-0.05, 0) is 13.2 Å². The summed E-state index contributed by atoms with van der Waals surface area (Å²) in [6.07, 6.45) is 1.86. The van der Waals surface area contributed by atoms with E-state index >= 15 is 0 Å². The molecule has 0 amide bonds. The Balaban J connectivity index is 2.88. The molecule has 2 heterocycles. The van der Waals surface area contributed by atoms with Crippen molar-refractivity contribution in [2.24, 2.45) is 0 Å². The van der Waals surface area contributed by atoms with Gasteiger partial charge in [-0.25, -0.2) is 4.98 Å². The Bertz CT molecular complexity index is 501. The van der Waals surface area contributed by atoms with Crippen LogP contribution in [0.4, 0.5) is 0 Å². The maximum atomic E-state index is 11.4. The van der Waals surface area contributed by atoms with Gasteiger partial charge in [-0.2, -0.15) is 5.10 Å². The number of aromatic amines is 2. The lowest BCUT2D eigenvalue weighted by molar-refractivity contribution is 0.973. The van der Waals surface area contributed by atoms with Crippen molar-refractivity contribution in [3.05, 3.63) is 16.0 Å². The number of H-pyrrole nitrogens is 2. The van der Waals surface area contributed by atoms with Gasteiger partial charge in [0.15, 0.2) is 10.7 Å². The van der Waals surface area contributed by atoms with Crippen molar-refractivity contribution in [2.75, 3.05) is 6.26 Å². The number of thioether (sulfide) groups is 1. The first-order valence-corrected chi connectivity index (χ1v) is 4.94. The highest BCUT2D eigenvalue weighted by molar-refractivity contribution is 7.98. The molecule has 0 aromatic carbocycles. The zero-order valence-electron chi connectivity index (χ0n) is 7.21. The fourth-order valence-corrected chi connectivity index (χ4v) is 1.48. The van der Waals surface area contributed by atoms with Crippen molar-refractivity contribution in [2.45, 2.75) is 12.1 Å². The summed E-state index contributed by atoms with van der Waals surface area (Å²) in [5.74, 6) is 0. The fraction of sp³-hybridized carbons (Fsp3) is 0.286. The first kappa shape index (κ1) is 8.31. The first-order valence-electron chi connectivity index (χ1n) is 3.71. The van der Waals surface area contributed by atoms with Gasteiger partial charge < -0.3 is 0 Å². The molecule has 68 valence electrons. The second-order valence-corrected chi connectivity index (χ2v) is 3.42. The minimum atomic E-state index is -0.196. The van der Waals surface area contributed by atoms with E-state index in [1.165, 1.54) is 11.8 Å². The highest BCUT2D eigenvalue weighted by atomic mass is 32.2. The van der Waals surface area contributed by atoms with E-state index in [1.54, 1.807) is 0 Å². The third kappa shape index (κ3) is 1.23. The second kappa shape index (κ2) is 2.88. The smallest absolute Gasteiger partial charge is 0.279 e. The minimum Gasteiger partial charge on any atom is -0.300 e. The van der Waals surface area contributed by atoms with E-state index < -0.39 is 0 Å². The molecule has 0 bridgehead atoms. The normalized spacial score (nSPS) is 10.9. The van der Waals surface area contributed by atoms with E-state index in [0.717, 1.165) is 5.69 Å². The van der Waals surface area contributed by atoms with Gasteiger partial charge in [0.05, 0.1) is 5.69 Å². The van der Waals surface area contributed by atoms with Gasteiger partial charge in [-0.15, -0.1) is 0 Å². The molecule has 13 heavy (non-hydrogen) atoms. The van der Waals surface area contributed by atoms with Crippen molar-refractivity contribution in [1.82, 2.24) is 20.2 Å². The third-order valence-electron chi connectivity index (χ3n) is 1.76. The summed E-state index contributed by atoms with van der Waals surface area (Å²) >= 11 is 1.40. The number of hydrogen-bond donors (Lipinski definition) is 2. The number of rotatable bonds is 1. The highest BCUT2D eigenvalue weighted by Gasteiger charge is 2.07. The van der Waals surface area contributed by atoms with Crippen LogP contribution in [0.1, 0.15) is 5.69 Å².